The second-order valence-electron chi connectivity index (χ2n) is 7.92. The van der Waals surface area contributed by atoms with Crippen molar-refractivity contribution in [2.24, 2.45) is 27.6 Å². The van der Waals surface area contributed by atoms with Gasteiger partial charge in [-0.1, -0.05) is 19.4 Å². The summed E-state index contributed by atoms with van der Waals surface area (Å²) in [6.07, 6.45) is 8.64. The van der Waals surface area contributed by atoms with Gasteiger partial charge in [0, 0.05) is 28.8 Å². The van der Waals surface area contributed by atoms with E-state index in [1.807, 2.05) is 12.3 Å². The maximum atomic E-state index is 9.50. The van der Waals surface area contributed by atoms with Gasteiger partial charge in [0.25, 0.3) is 0 Å². The Morgan fingerprint density at radius 3 is 2.77 bits per heavy atom. The third kappa shape index (κ3) is 4.39. The van der Waals surface area contributed by atoms with Crippen molar-refractivity contribution in [1.29, 1.82) is 10.5 Å². The molecule has 0 spiro atoms. The molecule has 0 amide bonds. The summed E-state index contributed by atoms with van der Waals surface area (Å²) in [5, 5.41) is 22.3. The van der Waals surface area contributed by atoms with E-state index in [4.69, 9.17) is 16.0 Å². The number of aliphatic imine (C=N–C) groups is 2. The normalized spacial score (nSPS) is 25.9. The Balaban J connectivity index is 2.06. The van der Waals surface area contributed by atoms with Crippen LogP contribution in [0.5, 0.6) is 0 Å². The first kappa shape index (κ1) is 21.6. The Hall–Kier alpha value is -3.10. The molecule has 1 aliphatic heterocycles. The summed E-state index contributed by atoms with van der Waals surface area (Å²) in [5.41, 5.74) is 9.97. The Kier molecular flexibility index (Phi) is 7.26. The van der Waals surface area contributed by atoms with Crippen LogP contribution in [0.1, 0.15) is 45.4 Å². The van der Waals surface area contributed by atoms with Gasteiger partial charge in [0.2, 0.25) is 0 Å². The van der Waals surface area contributed by atoms with E-state index in [1.54, 1.807) is 0 Å². The first-order valence-electron chi connectivity index (χ1n) is 10.6. The molecular formula is C22H30N8. The van der Waals surface area contributed by atoms with E-state index in [1.165, 1.54) is 19.2 Å². The fourth-order valence-corrected chi connectivity index (χ4v) is 4.77. The number of nitrogens with zero attached hydrogens (tertiary/aromatic N) is 5. The second kappa shape index (κ2) is 10.1. The lowest BCUT2D eigenvalue weighted by Gasteiger charge is -2.34. The molecule has 0 bridgehead atoms. The quantitative estimate of drug-likeness (QED) is 0.355. The molecular weight excluding hydrogens is 376 g/mol. The number of hydrogen-bond donors (Lipinski definition) is 3. The summed E-state index contributed by atoms with van der Waals surface area (Å²) in [5.74, 6) is 1.08. The number of H-pyrrole nitrogens is 1. The molecule has 2 aliphatic rings. The molecule has 2 heterocycles. The fourth-order valence-electron chi connectivity index (χ4n) is 4.77. The van der Waals surface area contributed by atoms with Gasteiger partial charge >= 0.3 is 0 Å². The largest absolute Gasteiger partial charge is 0.390 e. The second-order valence-corrected chi connectivity index (χ2v) is 7.92. The average molecular weight is 407 g/mol. The van der Waals surface area contributed by atoms with Gasteiger partial charge in [-0.15, -0.1) is 0 Å². The SMILES string of the molecule is C=c1[nH]cc/c1=C(/N=CN)C1C(=NCCC#N)NN(C(CC#N)C2CCCC2)C1C. The van der Waals surface area contributed by atoms with Gasteiger partial charge in [0.1, 0.15) is 5.84 Å². The Morgan fingerprint density at radius 2 is 2.17 bits per heavy atom. The topological polar surface area (TPSA) is 129 Å². The predicted molar refractivity (Wildman–Crippen MR) is 118 cm³/mol. The molecule has 8 heteroatoms. The minimum absolute atomic E-state index is 0.0118. The predicted octanol–water partition coefficient (Wildman–Crippen LogP) is 1.13. The molecule has 8 nitrogen and oxygen atoms in total. The highest BCUT2D eigenvalue weighted by Crippen LogP contribution is 2.36. The highest BCUT2D eigenvalue weighted by Gasteiger charge is 2.44. The van der Waals surface area contributed by atoms with Crippen LogP contribution in [0.3, 0.4) is 0 Å². The summed E-state index contributed by atoms with van der Waals surface area (Å²) >= 11 is 0. The van der Waals surface area contributed by atoms with Crippen LogP contribution in [0.25, 0.3) is 12.3 Å². The van der Waals surface area contributed by atoms with Crippen molar-refractivity contribution in [3.8, 4) is 12.1 Å². The van der Waals surface area contributed by atoms with Gasteiger partial charge < -0.3 is 16.1 Å². The van der Waals surface area contributed by atoms with Crippen LogP contribution in [0.2, 0.25) is 0 Å². The van der Waals surface area contributed by atoms with E-state index in [0.29, 0.717) is 25.3 Å². The van der Waals surface area contributed by atoms with Crippen LogP contribution in [0, 0.1) is 34.5 Å². The van der Waals surface area contributed by atoms with Crippen LogP contribution >= 0.6 is 0 Å². The van der Waals surface area contributed by atoms with E-state index in [-0.39, 0.29) is 18.0 Å². The van der Waals surface area contributed by atoms with Gasteiger partial charge in [-0.2, -0.15) is 10.5 Å². The lowest BCUT2D eigenvalue weighted by molar-refractivity contribution is 0.0903. The molecule has 158 valence electrons. The molecule has 30 heavy (non-hydrogen) atoms. The van der Waals surface area contributed by atoms with Gasteiger partial charge in [0.05, 0.1) is 49.5 Å². The smallest absolute Gasteiger partial charge is 0.122 e. The number of nitrogens with two attached hydrogens (primary N) is 1. The monoisotopic (exact) mass is 406 g/mol. The zero-order chi connectivity index (χ0) is 21.5. The fraction of sp³-hybridized carbons (Fsp3) is 0.545. The minimum Gasteiger partial charge on any atom is -0.390 e. The molecule has 0 radical (unpaired) electrons. The van der Waals surface area contributed by atoms with E-state index in [2.05, 4.69) is 46.1 Å². The number of rotatable bonds is 7. The van der Waals surface area contributed by atoms with E-state index < -0.39 is 0 Å². The zero-order valence-corrected chi connectivity index (χ0v) is 17.5. The molecule has 3 atom stereocenters. The molecule has 3 unspecified atom stereocenters. The van der Waals surface area contributed by atoms with Gasteiger partial charge in [0.15, 0.2) is 0 Å². The highest BCUT2D eigenvalue weighted by atomic mass is 15.6. The van der Waals surface area contributed by atoms with Crippen molar-refractivity contribution in [1.82, 2.24) is 15.4 Å². The number of aromatic nitrogens is 1. The van der Waals surface area contributed by atoms with Crippen molar-refractivity contribution in [2.75, 3.05) is 6.54 Å². The number of nitrogens with one attached hydrogen (secondary N) is 2. The number of nitriles is 2. The van der Waals surface area contributed by atoms with Gasteiger partial charge in [-0.3, -0.25) is 4.99 Å². The Bertz CT molecular complexity index is 970. The zero-order valence-electron chi connectivity index (χ0n) is 17.5. The standard InChI is InChI=1S/C22H30N8/c1-15-18(9-13-26-15)21(28-14-25)20-16(2)30(29-22(20)27-12-5-10-23)19(8-11-24)17-6-3-4-7-17/h9,13-14,16-17,19-20,26H,1,3-8,12H2,2H3,(H2,25,28)(H,27,29)/b21-18-. The molecule has 4 N–H and O–H groups in total. The third-order valence-electron chi connectivity index (χ3n) is 6.18. The van der Waals surface area contributed by atoms with Crippen LogP contribution in [0.4, 0.5) is 0 Å². The first-order valence-corrected chi connectivity index (χ1v) is 10.6. The van der Waals surface area contributed by atoms with Crippen LogP contribution in [-0.4, -0.2) is 40.8 Å². The molecule has 1 saturated heterocycles. The van der Waals surface area contributed by atoms with Crippen molar-refractivity contribution in [3.63, 3.8) is 0 Å². The maximum Gasteiger partial charge on any atom is 0.122 e. The van der Waals surface area contributed by atoms with Crippen molar-refractivity contribution in [2.45, 2.75) is 57.5 Å². The molecule has 0 aromatic carbocycles. The number of hydrogen-bond acceptors (Lipinski definition) is 5. The number of aromatic amines is 1. The van der Waals surface area contributed by atoms with Gasteiger partial charge in [-0.05, 0) is 31.7 Å². The number of amidine groups is 1. The average Bonchev–Trinajstić information content (AvgIpc) is 3.47. The van der Waals surface area contributed by atoms with E-state index in [0.717, 1.165) is 34.9 Å². The van der Waals surface area contributed by atoms with E-state index >= 15 is 0 Å². The van der Waals surface area contributed by atoms with Crippen LogP contribution < -0.4 is 21.7 Å². The summed E-state index contributed by atoms with van der Waals surface area (Å²) in [7, 11) is 0. The molecule has 1 aromatic heterocycles. The third-order valence-corrected chi connectivity index (χ3v) is 6.18. The highest BCUT2D eigenvalue weighted by molar-refractivity contribution is 5.95. The van der Waals surface area contributed by atoms with Crippen molar-refractivity contribution >= 4 is 24.5 Å². The van der Waals surface area contributed by atoms with Crippen molar-refractivity contribution in [3.05, 3.63) is 22.8 Å². The number of hydrazine groups is 1. The summed E-state index contributed by atoms with van der Waals surface area (Å²) in [6, 6.07) is 6.58. The minimum atomic E-state index is -0.164. The Labute approximate surface area is 177 Å². The summed E-state index contributed by atoms with van der Waals surface area (Å²) < 4.78 is 0. The summed E-state index contributed by atoms with van der Waals surface area (Å²) in [4.78, 5) is 12.3. The Morgan fingerprint density at radius 1 is 1.40 bits per heavy atom. The maximum absolute atomic E-state index is 9.50. The molecule has 3 rings (SSSR count). The lowest BCUT2D eigenvalue weighted by atomic mass is 9.91. The van der Waals surface area contributed by atoms with Crippen molar-refractivity contribution < 1.29 is 0 Å². The lowest BCUT2D eigenvalue weighted by Crippen LogP contribution is -2.48. The molecule has 1 saturated carbocycles. The van der Waals surface area contributed by atoms with E-state index in [9.17, 15) is 5.26 Å². The van der Waals surface area contributed by atoms with Gasteiger partial charge in [-0.25, -0.2) is 10.0 Å². The molecule has 1 aliphatic carbocycles. The first-order chi connectivity index (χ1) is 14.6. The van der Waals surface area contributed by atoms with Crippen LogP contribution in [0.15, 0.2) is 22.2 Å². The van der Waals surface area contributed by atoms with Crippen LogP contribution in [-0.2, 0) is 0 Å². The summed E-state index contributed by atoms with van der Waals surface area (Å²) in [6.45, 7) is 6.62. The molecule has 1 aromatic rings. The molecule has 2 fully saturated rings.